The van der Waals surface area contributed by atoms with Gasteiger partial charge < -0.3 is 41.1 Å². The summed E-state index contributed by atoms with van der Waals surface area (Å²) in [6, 6.07) is 2.35. The van der Waals surface area contributed by atoms with Crippen LogP contribution >= 0.6 is 34.9 Å². The van der Waals surface area contributed by atoms with Gasteiger partial charge in [-0.1, -0.05) is 5.16 Å². The summed E-state index contributed by atoms with van der Waals surface area (Å²) >= 11 is 3.31. The summed E-state index contributed by atoms with van der Waals surface area (Å²) < 4.78 is 6.05. The number of carbonyl (C=O) groups is 6. The number of carboxylic acid groups (broad SMARTS) is 3. The molecule has 0 bridgehead atoms. The van der Waals surface area contributed by atoms with Crippen molar-refractivity contribution < 1.29 is 58.8 Å². The molecule has 0 radical (unpaired) electrons. The molecule has 0 unspecified atom stereocenters. The highest BCUT2D eigenvalue weighted by atomic mass is 32.2. The van der Waals surface area contributed by atoms with Crippen LogP contribution in [0.2, 0.25) is 0 Å². The Balaban J connectivity index is 1.19. The molecule has 24 heteroatoms. The number of nitrogens with one attached hydrogen (secondary N) is 1. The fourth-order valence-electron chi connectivity index (χ4n) is 5.25. The van der Waals surface area contributed by atoms with Crippen LogP contribution < -0.4 is 15.8 Å². The fourth-order valence-corrected chi connectivity index (χ4v) is 8.33. The fraction of sp³-hybridized carbons (Fsp3) is 0.233. The Hall–Kier alpha value is -6.27. The van der Waals surface area contributed by atoms with Gasteiger partial charge in [-0.15, -0.1) is 40.0 Å². The van der Waals surface area contributed by atoms with E-state index in [4.69, 9.17) is 15.3 Å². The van der Waals surface area contributed by atoms with Gasteiger partial charge in [0.1, 0.15) is 34.4 Å². The van der Waals surface area contributed by atoms with Crippen LogP contribution in [-0.4, -0.2) is 114 Å². The molecule has 0 spiro atoms. The number of aliphatic carboxylic acids is 1. The number of hydrogen-bond donors (Lipinski definition) is 6. The number of hydrogen-bond acceptors (Lipinski definition) is 18. The number of aromatic nitrogens is 5. The van der Waals surface area contributed by atoms with E-state index in [0.717, 1.165) is 47.1 Å². The molecule has 4 aromatic rings. The number of carbonyl (C=O) groups excluding carboxylic acids is 3. The predicted molar refractivity (Wildman–Crippen MR) is 187 cm³/mol. The lowest BCUT2D eigenvalue weighted by molar-refractivity contribution is -0.150. The molecule has 2 atom stereocenters. The maximum atomic E-state index is 13.6. The van der Waals surface area contributed by atoms with Gasteiger partial charge in [-0.3, -0.25) is 19.3 Å². The molecule has 2 aliphatic rings. The number of aryl methyl sites for hydroxylation is 1. The normalized spacial score (nSPS) is 16.8. The number of thioether (sulfide) groups is 2. The van der Waals surface area contributed by atoms with E-state index in [9.17, 15) is 49.2 Å². The number of phenolic OH excluding ortho intramolecular Hbond substituents is 1. The molecule has 0 saturated carbocycles. The third kappa shape index (κ3) is 7.46. The second-order valence-electron chi connectivity index (χ2n) is 11.3. The number of thiazole rings is 1. The summed E-state index contributed by atoms with van der Waals surface area (Å²) in [7, 11) is 0. The number of aromatic hydroxyl groups is 1. The number of esters is 1. The molecule has 6 rings (SSSR count). The van der Waals surface area contributed by atoms with Crippen molar-refractivity contribution in [2.75, 3.05) is 17.2 Å². The van der Waals surface area contributed by atoms with Crippen LogP contribution in [0.5, 0.6) is 11.5 Å². The Kier molecular flexibility index (Phi) is 10.4. The SMILES string of the molecule is CC(=O)Oc1cc(C(=O)O)c(CO/N=C(\C(=O)N[C@@H]2C(=O)N3C(C(=O)O)=C(CSc4cc(C)nc5nc(C(=O)O)nn45)CS[C@H]23)c2csc(N)n2)cc1O. The highest BCUT2D eigenvalue weighted by Crippen LogP contribution is 2.42. The monoisotopic (exact) mass is 799 g/mol. The van der Waals surface area contributed by atoms with Gasteiger partial charge in [-0.25, -0.2) is 24.4 Å². The Labute approximate surface area is 313 Å². The van der Waals surface area contributed by atoms with Crippen molar-refractivity contribution in [3.05, 3.63) is 63.2 Å². The first kappa shape index (κ1) is 37.5. The molecular formula is C30H25N9O12S3. The Morgan fingerprint density at radius 3 is 2.50 bits per heavy atom. The number of amides is 2. The van der Waals surface area contributed by atoms with Crippen LogP contribution in [0.4, 0.5) is 5.13 Å². The van der Waals surface area contributed by atoms with E-state index >= 15 is 0 Å². The smallest absolute Gasteiger partial charge is 0.375 e. The lowest BCUT2D eigenvalue weighted by atomic mass is 10.0. The van der Waals surface area contributed by atoms with Crippen LogP contribution in [0.25, 0.3) is 5.78 Å². The van der Waals surface area contributed by atoms with Gasteiger partial charge in [0.25, 0.3) is 23.4 Å². The first-order valence-corrected chi connectivity index (χ1v) is 18.0. The van der Waals surface area contributed by atoms with Crippen LogP contribution in [-0.2, 0) is 30.6 Å². The number of carboxylic acids is 3. The maximum Gasteiger partial charge on any atom is 0.375 e. The summed E-state index contributed by atoms with van der Waals surface area (Å²) in [6.45, 7) is 2.15. The Morgan fingerprint density at radius 2 is 1.85 bits per heavy atom. The van der Waals surface area contributed by atoms with Crippen molar-refractivity contribution in [2.45, 2.75) is 36.9 Å². The summed E-state index contributed by atoms with van der Waals surface area (Å²) in [5.74, 6) is -7.78. The number of rotatable bonds is 13. The van der Waals surface area contributed by atoms with Crippen molar-refractivity contribution in [1.29, 1.82) is 0 Å². The highest BCUT2D eigenvalue weighted by Gasteiger charge is 2.54. The highest BCUT2D eigenvalue weighted by molar-refractivity contribution is 8.01. The van der Waals surface area contributed by atoms with Crippen molar-refractivity contribution in [2.24, 2.45) is 5.16 Å². The molecule has 1 fully saturated rings. The minimum Gasteiger partial charge on any atom is -0.504 e. The molecule has 7 N–H and O–H groups in total. The standard InChI is InChI=1S/C30H25N9O12S3/c1-10-3-18(39-30(32-10)35-22(36-39)28(48)49)52-7-13-8-53-25-20(24(43)38(25)21(13)27(46)47)34-23(42)19(15-9-54-29(31)33-15)37-50-6-12-4-16(41)17(51-11(2)40)5-14(12)26(44)45/h3-5,9,20,25,41H,6-8H2,1-2H3,(H2,31,33)(H,34,42)(H,44,45)(H,46,47)(H,48,49)/b37-19-/t20-,25-/m1/s1. The lowest BCUT2D eigenvalue weighted by Crippen LogP contribution is -2.71. The van der Waals surface area contributed by atoms with E-state index in [0.29, 0.717) is 16.3 Å². The summed E-state index contributed by atoms with van der Waals surface area (Å²) in [6.07, 6.45) is 0. The molecule has 5 heterocycles. The van der Waals surface area contributed by atoms with Crippen molar-refractivity contribution in [3.63, 3.8) is 0 Å². The first-order chi connectivity index (χ1) is 25.6. The number of nitrogens with two attached hydrogens (primary N) is 1. The second-order valence-corrected chi connectivity index (χ2v) is 14.2. The zero-order valence-corrected chi connectivity index (χ0v) is 30.0. The quantitative estimate of drug-likeness (QED) is 0.0209. The first-order valence-electron chi connectivity index (χ1n) is 15.1. The number of benzene rings is 1. The van der Waals surface area contributed by atoms with Gasteiger partial charge >= 0.3 is 23.9 Å². The number of β-lactam (4-membered cyclic amide) rings is 1. The molecule has 3 aromatic heterocycles. The van der Waals surface area contributed by atoms with E-state index in [1.165, 1.54) is 21.7 Å². The molecule has 21 nitrogen and oxygen atoms in total. The number of aromatic carboxylic acids is 2. The molecule has 54 heavy (non-hydrogen) atoms. The van der Waals surface area contributed by atoms with Crippen LogP contribution in [0, 0.1) is 6.92 Å². The van der Waals surface area contributed by atoms with Crippen LogP contribution in [0.1, 0.15) is 44.9 Å². The molecule has 0 aliphatic carbocycles. The average molecular weight is 800 g/mol. The minimum absolute atomic E-state index is 0.0461. The van der Waals surface area contributed by atoms with Crippen molar-refractivity contribution >= 4 is 87.2 Å². The topological polar surface area (TPSA) is 311 Å². The number of fused-ring (bicyclic) bond motifs is 2. The summed E-state index contributed by atoms with van der Waals surface area (Å²) in [4.78, 5) is 92.6. The van der Waals surface area contributed by atoms with E-state index < -0.39 is 82.3 Å². The average Bonchev–Trinajstić information content (AvgIpc) is 3.74. The summed E-state index contributed by atoms with van der Waals surface area (Å²) in [5, 5.41) is 50.8. The number of phenols is 1. The largest absolute Gasteiger partial charge is 0.504 e. The zero-order valence-electron chi connectivity index (χ0n) is 27.6. The van der Waals surface area contributed by atoms with Crippen LogP contribution in [0.3, 0.4) is 0 Å². The van der Waals surface area contributed by atoms with Gasteiger partial charge in [-0.05, 0) is 30.7 Å². The lowest BCUT2D eigenvalue weighted by Gasteiger charge is -2.49. The number of nitrogens with zero attached hydrogens (tertiary/aromatic N) is 7. The van der Waals surface area contributed by atoms with Gasteiger partial charge in [0, 0.05) is 35.1 Å². The van der Waals surface area contributed by atoms with E-state index in [2.05, 4.69) is 30.5 Å². The number of nitrogen functional groups attached to an aromatic ring is 1. The van der Waals surface area contributed by atoms with Crippen LogP contribution in [0.15, 0.2) is 45.0 Å². The van der Waals surface area contributed by atoms with E-state index in [1.807, 2.05) is 0 Å². The molecule has 280 valence electrons. The van der Waals surface area contributed by atoms with Gasteiger partial charge in [0.05, 0.1) is 5.56 Å². The number of anilines is 1. The third-order valence-electron chi connectivity index (χ3n) is 7.55. The molecular weight excluding hydrogens is 775 g/mol. The zero-order chi connectivity index (χ0) is 39.0. The predicted octanol–water partition coefficient (Wildman–Crippen LogP) is 0.951. The molecule has 1 saturated heterocycles. The molecule has 2 amide bonds. The van der Waals surface area contributed by atoms with Gasteiger partial charge in [0.15, 0.2) is 22.3 Å². The summed E-state index contributed by atoms with van der Waals surface area (Å²) in [5.41, 5.74) is 5.40. The number of oxime groups is 1. The Morgan fingerprint density at radius 1 is 1.09 bits per heavy atom. The van der Waals surface area contributed by atoms with E-state index in [-0.39, 0.29) is 39.4 Å². The van der Waals surface area contributed by atoms with Gasteiger partial charge in [0.2, 0.25) is 0 Å². The third-order valence-corrected chi connectivity index (χ3v) is 10.6. The van der Waals surface area contributed by atoms with Crippen molar-refractivity contribution in [3.8, 4) is 11.5 Å². The number of ether oxygens (including phenoxy) is 1. The van der Waals surface area contributed by atoms with Crippen molar-refractivity contribution in [1.82, 2.24) is 34.8 Å². The van der Waals surface area contributed by atoms with Gasteiger partial charge in [-0.2, -0.15) is 9.50 Å². The Bertz CT molecular complexity index is 2340. The maximum absolute atomic E-state index is 13.6. The molecule has 1 aromatic carbocycles. The van der Waals surface area contributed by atoms with E-state index in [1.54, 1.807) is 13.0 Å². The second kappa shape index (κ2) is 15.0. The molecule has 2 aliphatic heterocycles. The minimum atomic E-state index is -1.44.